The van der Waals surface area contributed by atoms with Crippen molar-refractivity contribution in [1.29, 1.82) is 0 Å². The molecule has 3 nitrogen and oxygen atoms in total. The minimum absolute atomic E-state index is 0.117. The molecule has 0 N–H and O–H groups in total. The number of nitrogens with zero attached hydrogens (tertiary/aromatic N) is 1. The quantitative estimate of drug-likeness (QED) is 0.784. The number of hydrogen-bond donors (Lipinski definition) is 0. The van der Waals surface area contributed by atoms with Crippen LogP contribution in [-0.4, -0.2) is 15.2 Å². The first kappa shape index (κ1) is 14.3. The molecule has 2 unspecified atom stereocenters. The van der Waals surface area contributed by atoms with Gasteiger partial charge in [0.25, 0.3) is 5.04 Å². The summed E-state index contributed by atoms with van der Waals surface area (Å²) in [4.78, 5) is 5.10. The van der Waals surface area contributed by atoms with Gasteiger partial charge in [0.15, 0.2) is 10.7 Å². The molecule has 1 aliphatic heterocycles. The van der Waals surface area contributed by atoms with Gasteiger partial charge in [0.1, 0.15) is 11.4 Å². The molecule has 0 aromatic heterocycles. The molecule has 0 saturated carbocycles. The van der Waals surface area contributed by atoms with Crippen LogP contribution in [0.5, 0.6) is 0 Å². The molecule has 103 valence electrons. The summed E-state index contributed by atoms with van der Waals surface area (Å²) in [5.74, 6) is -1.66. The molecule has 1 radical (unpaired) electrons. The predicted octanol–water partition coefficient (Wildman–Crippen LogP) is 3.16. The van der Waals surface area contributed by atoms with Crippen molar-refractivity contribution >= 4 is 16.2 Å². The number of rotatable bonds is 2. The summed E-state index contributed by atoms with van der Waals surface area (Å²) in [6.07, 6.45) is 1.06. The molecule has 19 heavy (non-hydrogen) atoms. The van der Waals surface area contributed by atoms with Crippen molar-refractivity contribution in [3.8, 4) is 0 Å². The van der Waals surface area contributed by atoms with E-state index in [1.54, 1.807) is 0 Å². The first-order valence-electron chi connectivity index (χ1n) is 5.85. The number of hydrogen-bond acceptors (Lipinski definition) is 3. The van der Waals surface area contributed by atoms with Crippen LogP contribution >= 0.6 is 0 Å². The molecule has 1 aliphatic rings. The van der Waals surface area contributed by atoms with Crippen molar-refractivity contribution in [3.63, 3.8) is 0 Å². The Morgan fingerprint density at radius 1 is 1.53 bits per heavy atom. The van der Waals surface area contributed by atoms with Crippen LogP contribution in [0.15, 0.2) is 22.2 Å². The van der Waals surface area contributed by atoms with E-state index in [2.05, 4.69) is 12.1 Å². The molecule has 2 rings (SSSR count). The van der Waals surface area contributed by atoms with Crippen LogP contribution in [0.25, 0.3) is 0 Å². The van der Waals surface area contributed by atoms with Crippen LogP contribution in [0.1, 0.15) is 32.3 Å². The molecule has 0 amide bonds. The highest BCUT2D eigenvalue weighted by Gasteiger charge is 2.40. The standard InChI is InChI=1S/C13H14F2NO2S/c1-4-13(3)7-11(16-18-13)19(17)10-6-5-9(14)8(2)12(10)15/h5-6H,2,4,7H2,1,3H3. The average Bonchev–Trinajstić information content (AvgIpc) is 2.79. The molecule has 1 heterocycles. The third kappa shape index (κ3) is 2.60. The van der Waals surface area contributed by atoms with Gasteiger partial charge in [0.2, 0.25) is 0 Å². The fourth-order valence-corrected chi connectivity index (χ4v) is 2.95. The molecule has 1 aromatic rings. The Bertz CT molecular complexity index is 536. The van der Waals surface area contributed by atoms with E-state index in [9.17, 15) is 13.3 Å². The summed E-state index contributed by atoms with van der Waals surface area (Å²) >= 11 is -1.79. The predicted molar refractivity (Wildman–Crippen MR) is 69.1 cm³/mol. The first-order chi connectivity index (χ1) is 8.88. The maximum atomic E-state index is 13.8. The maximum Gasteiger partial charge on any atom is 0.264 e. The van der Waals surface area contributed by atoms with Crippen molar-refractivity contribution in [2.45, 2.75) is 37.2 Å². The summed E-state index contributed by atoms with van der Waals surface area (Å²) in [6.45, 7) is 7.04. The minimum Gasteiger partial charge on any atom is -0.605 e. The maximum absolute atomic E-state index is 13.8. The van der Waals surface area contributed by atoms with E-state index in [1.807, 2.05) is 13.8 Å². The van der Waals surface area contributed by atoms with Crippen LogP contribution in [-0.2, 0) is 16.0 Å². The fraction of sp³-hybridized carbons (Fsp3) is 0.385. The monoisotopic (exact) mass is 286 g/mol. The van der Waals surface area contributed by atoms with Crippen molar-refractivity contribution in [2.24, 2.45) is 5.16 Å². The van der Waals surface area contributed by atoms with Crippen molar-refractivity contribution < 1.29 is 18.2 Å². The second kappa shape index (κ2) is 5.09. The third-order valence-electron chi connectivity index (χ3n) is 3.21. The Morgan fingerprint density at radius 3 is 2.79 bits per heavy atom. The van der Waals surface area contributed by atoms with E-state index >= 15 is 0 Å². The lowest BCUT2D eigenvalue weighted by atomic mass is 10.0. The van der Waals surface area contributed by atoms with Gasteiger partial charge in [-0.25, -0.2) is 8.78 Å². The van der Waals surface area contributed by atoms with Gasteiger partial charge < -0.3 is 9.39 Å². The smallest absolute Gasteiger partial charge is 0.264 e. The zero-order valence-corrected chi connectivity index (χ0v) is 11.5. The lowest BCUT2D eigenvalue weighted by Gasteiger charge is -2.18. The van der Waals surface area contributed by atoms with Crippen molar-refractivity contribution in [1.82, 2.24) is 0 Å². The third-order valence-corrected chi connectivity index (χ3v) is 4.57. The molecule has 6 heteroatoms. The minimum atomic E-state index is -1.79. The molecule has 0 saturated heterocycles. The molecule has 0 spiro atoms. The zero-order chi connectivity index (χ0) is 14.2. The van der Waals surface area contributed by atoms with Crippen molar-refractivity contribution in [3.05, 3.63) is 36.3 Å². The summed E-state index contributed by atoms with van der Waals surface area (Å²) < 4.78 is 39.2. The number of oxime groups is 1. The molecule has 1 aromatic carbocycles. The van der Waals surface area contributed by atoms with Gasteiger partial charge in [0, 0.05) is 16.7 Å². The Balaban J connectivity index is 2.27. The SMILES string of the molecule is [CH2]c1c(F)ccc([S+]([O-])C2=NOC(C)(CC)C2)c1F. The van der Waals surface area contributed by atoms with E-state index in [0.29, 0.717) is 12.8 Å². The fourth-order valence-electron chi connectivity index (χ4n) is 1.68. The van der Waals surface area contributed by atoms with Crippen molar-refractivity contribution in [2.75, 3.05) is 0 Å². The van der Waals surface area contributed by atoms with E-state index in [-0.39, 0.29) is 15.5 Å². The molecule has 2 atom stereocenters. The summed E-state index contributed by atoms with van der Waals surface area (Å²) in [6, 6.07) is 2.20. The second-order valence-electron chi connectivity index (χ2n) is 4.66. The molecule has 0 bridgehead atoms. The van der Waals surface area contributed by atoms with Gasteiger partial charge in [0.05, 0.1) is 6.42 Å². The van der Waals surface area contributed by atoms with Gasteiger partial charge in [-0.2, -0.15) is 0 Å². The highest BCUT2D eigenvalue weighted by Crippen LogP contribution is 2.32. The Labute approximate surface area is 113 Å². The molecule has 0 aliphatic carbocycles. The van der Waals surface area contributed by atoms with Crippen LogP contribution in [0, 0.1) is 18.6 Å². The van der Waals surface area contributed by atoms with Crippen LogP contribution in [0.4, 0.5) is 8.78 Å². The first-order valence-corrected chi connectivity index (χ1v) is 7.00. The number of halogens is 2. The second-order valence-corrected chi connectivity index (χ2v) is 6.11. The van der Waals surface area contributed by atoms with Crippen LogP contribution in [0.3, 0.4) is 0 Å². The normalized spacial score (nSPS) is 24.0. The lowest BCUT2D eigenvalue weighted by Crippen LogP contribution is -2.26. The van der Waals surface area contributed by atoms with E-state index in [0.717, 1.165) is 12.1 Å². The van der Waals surface area contributed by atoms with Gasteiger partial charge in [-0.05, 0) is 37.6 Å². The average molecular weight is 286 g/mol. The van der Waals surface area contributed by atoms with Gasteiger partial charge in [-0.1, -0.05) is 6.92 Å². The number of benzene rings is 1. The van der Waals surface area contributed by atoms with Gasteiger partial charge in [-0.15, -0.1) is 0 Å². The Kier molecular flexibility index (Phi) is 3.82. The van der Waals surface area contributed by atoms with Gasteiger partial charge in [-0.3, -0.25) is 0 Å². The van der Waals surface area contributed by atoms with E-state index in [1.165, 1.54) is 0 Å². The zero-order valence-electron chi connectivity index (χ0n) is 10.7. The van der Waals surface area contributed by atoms with E-state index < -0.39 is 28.4 Å². The molecule has 0 fully saturated rings. The summed E-state index contributed by atoms with van der Waals surface area (Å²) in [5, 5.41) is 4.02. The van der Waals surface area contributed by atoms with Crippen LogP contribution in [0.2, 0.25) is 0 Å². The molecular weight excluding hydrogens is 272 g/mol. The van der Waals surface area contributed by atoms with Crippen LogP contribution < -0.4 is 0 Å². The summed E-state index contributed by atoms with van der Waals surface area (Å²) in [5.41, 5.74) is -0.891. The lowest BCUT2D eigenvalue weighted by molar-refractivity contribution is -0.00604. The highest BCUT2D eigenvalue weighted by molar-refractivity contribution is 8.06. The summed E-state index contributed by atoms with van der Waals surface area (Å²) in [7, 11) is 0. The Hall–Kier alpha value is -1.14. The topological polar surface area (TPSA) is 44.7 Å². The van der Waals surface area contributed by atoms with Gasteiger partial charge >= 0.3 is 0 Å². The van der Waals surface area contributed by atoms with E-state index in [4.69, 9.17) is 4.84 Å². The highest BCUT2D eigenvalue weighted by atomic mass is 32.2. The molecular formula is C13H14F2NO2S. The largest absolute Gasteiger partial charge is 0.605 e. The Morgan fingerprint density at radius 2 is 2.21 bits per heavy atom.